The monoisotopic (exact) mass is 226 g/mol. The zero-order valence-electron chi connectivity index (χ0n) is 10.0. The molecule has 1 atom stereocenters. The molecule has 0 aromatic carbocycles. The average molecular weight is 226 g/mol. The van der Waals surface area contributed by atoms with Crippen molar-refractivity contribution in [2.24, 2.45) is 0 Å². The van der Waals surface area contributed by atoms with Crippen molar-refractivity contribution >= 4 is 9.04 Å². The Bertz CT molecular complexity index is 153. The van der Waals surface area contributed by atoms with E-state index in [1.807, 2.05) is 6.08 Å². The molecule has 0 amide bonds. The van der Waals surface area contributed by atoms with Crippen LogP contribution in [0.1, 0.15) is 51.4 Å². The lowest BCUT2D eigenvalue weighted by atomic mass is 10.1. The zero-order valence-corrected chi connectivity index (χ0v) is 11.2. The highest BCUT2D eigenvalue weighted by atomic mass is 28.3. The van der Waals surface area contributed by atoms with Gasteiger partial charge in [-0.15, -0.1) is 6.58 Å². The van der Waals surface area contributed by atoms with Gasteiger partial charge in [-0.1, -0.05) is 38.2 Å². The van der Waals surface area contributed by atoms with Gasteiger partial charge in [0.05, 0.1) is 0 Å². The first-order valence-corrected chi connectivity index (χ1v) is 8.76. The highest BCUT2D eigenvalue weighted by Gasteiger charge is 2.14. The molecular formula is C13H26OSi. The van der Waals surface area contributed by atoms with Gasteiger partial charge < -0.3 is 4.43 Å². The zero-order chi connectivity index (χ0) is 10.8. The summed E-state index contributed by atoms with van der Waals surface area (Å²) in [7, 11) is -0.707. The Morgan fingerprint density at radius 3 is 2.60 bits per heavy atom. The van der Waals surface area contributed by atoms with Crippen molar-refractivity contribution in [1.29, 1.82) is 0 Å². The number of allylic oxidation sites excluding steroid dienone is 1. The summed E-state index contributed by atoms with van der Waals surface area (Å²) in [5.74, 6) is 0. The number of hydrogen-bond acceptors (Lipinski definition) is 1. The van der Waals surface area contributed by atoms with Crippen LogP contribution in [-0.2, 0) is 4.43 Å². The highest BCUT2D eigenvalue weighted by molar-refractivity contribution is 6.51. The van der Waals surface area contributed by atoms with E-state index in [0.717, 1.165) is 6.61 Å². The molecule has 1 saturated heterocycles. The SMILES string of the molecule is C=CCCCCCCC[SiH]1CCCCO1. The molecule has 1 aliphatic heterocycles. The predicted octanol–water partition coefficient (Wildman–Crippen LogP) is 4.05. The molecule has 1 fully saturated rings. The van der Waals surface area contributed by atoms with E-state index in [-0.39, 0.29) is 0 Å². The summed E-state index contributed by atoms with van der Waals surface area (Å²) in [4.78, 5) is 0. The second-order valence-corrected chi connectivity index (χ2v) is 7.35. The highest BCUT2D eigenvalue weighted by Crippen LogP contribution is 2.17. The van der Waals surface area contributed by atoms with E-state index >= 15 is 0 Å². The van der Waals surface area contributed by atoms with E-state index in [9.17, 15) is 0 Å². The first kappa shape index (κ1) is 13.0. The van der Waals surface area contributed by atoms with Gasteiger partial charge in [0.25, 0.3) is 0 Å². The molecule has 0 aliphatic carbocycles. The van der Waals surface area contributed by atoms with Gasteiger partial charge in [-0.25, -0.2) is 0 Å². The molecule has 0 aromatic heterocycles. The maximum atomic E-state index is 5.85. The summed E-state index contributed by atoms with van der Waals surface area (Å²) in [6.07, 6.45) is 13.0. The van der Waals surface area contributed by atoms with Gasteiger partial charge in [0, 0.05) is 6.61 Å². The largest absolute Gasteiger partial charge is 0.420 e. The lowest BCUT2D eigenvalue weighted by Crippen LogP contribution is -2.22. The molecule has 1 heterocycles. The minimum atomic E-state index is -0.707. The van der Waals surface area contributed by atoms with Crippen LogP contribution in [0.5, 0.6) is 0 Å². The molecule has 0 spiro atoms. The third-order valence-corrected chi connectivity index (χ3v) is 6.02. The van der Waals surface area contributed by atoms with Crippen molar-refractivity contribution in [3.05, 3.63) is 12.7 Å². The summed E-state index contributed by atoms with van der Waals surface area (Å²) in [5, 5.41) is 0. The van der Waals surface area contributed by atoms with Gasteiger partial charge in [0.2, 0.25) is 0 Å². The van der Waals surface area contributed by atoms with Crippen molar-refractivity contribution in [3.8, 4) is 0 Å². The van der Waals surface area contributed by atoms with Gasteiger partial charge in [-0.05, 0) is 31.4 Å². The molecule has 1 unspecified atom stereocenters. The molecule has 15 heavy (non-hydrogen) atoms. The Morgan fingerprint density at radius 2 is 1.87 bits per heavy atom. The molecular weight excluding hydrogens is 200 g/mol. The molecule has 1 rings (SSSR count). The minimum absolute atomic E-state index is 0.707. The standard InChI is InChI=1S/C13H26OSi/c1-2-3-4-5-6-7-9-12-15-13-10-8-11-14-15/h2,15H,1,3-13H2. The van der Waals surface area contributed by atoms with Crippen LogP contribution >= 0.6 is 0 Å². The van der Waals surface area contributed by atoms with Gasteiger partial charge in [0.1, 0.15) is 0 Å². The first-order chi connectivity index (χ1) is 7.43. The van der Waals surface area contributed by atoms with Crippen molar-refractivity contribution in [2.75, 3.05) is 6.61 Å². The Balaban J connectivity index is 1.81. The van der Waals surface area contributed by atoms with E-state index in [1.54, 1.807) is 0 Å². The van der Waals surface area contributed by atoms with E-state index < -0.39 is 9.04 Å². The van der Waals surface area contributed by atoms with Gasteiger partial charge in [-0.2, -0.15) is 0 Å². The molecule has 0 bridgehead atoms. The maximum Gasteiger partial charge on any atom is 0.176 e. The second kappa shape index (κ2) is 9.17. The number of rotatable bonds is 8. The van der Waals surface area contributed by atoms with Crippen molar-refractivity contribution in [3.63, 3.8) is 0 Å². The van der Waals surface area contributed by atoms with Crippen LogP contribution in [0.2, 0.25) is 12.1 Å². The number of hydrogen-bond donors (Lipinski definition) is 0. The van der Waals surface area contributed by atoms with Crippen molar-refractivity contribution < 1.29 is 4.43 Å². The van der Waals surface area contributed by atoms with Crippen LogP contribution in [0.15, 0.2) is 12.7 Å². The summed E-state index contributed by atoms with van der Waals surface area (Å²) in [6.45, 7) is 4.81. The summed E-state index contributed by atoms with van der Waals surface area (Å²) >= 11 is 0. The van der Waals surface area contributed by atoms with Crippen molar-refractivity contribution in [2.45, 2.75) is 63.5 Å². The van der Waals surface area contributed by atoms with E-state index in [0.29, 0.717) is 0 Å². The predicted molar refractivity (Wildman–Crippen MR) is 69.8 cm³/mol. The Hall–Kier alpha value is -0.0831. The Labute approximate surface area is 96.6 Å². The fourth-order valence-corrected chi connectivity index (χ4v) is 4.84. The molecule has 1 aliphatic rings. The third-order valence-electron chi connectivity index (χ3n) is 3.21. The average Bonchev–Trinajstić information content (AvgIpc) is 2.29. The van der Waals surface area contributed by atoms with Crippen LogP contribution in [0.4, 0.5) is 0 Å². The molecule has 0 aromatic rings. The van der Waals surface area contributed by atoms with E-state index in [2.05, 4.69) is 6.58 Å². The van der Waals surface area contributed by atoms with Gasteiger partial charge >= 0.3 is 0 Å². The van der Waals surface area contributed by atoms with Gasteiger partial charge in [0.15, 0.2) is 9.04 Å². The maximum absolute atomic E-state index is 5.85. The molecule has 0 saturated carbocycles. The van der Waals surface area contributed by atoms with E-state index in [4.69, 9.17) is 4.43 Å². The van der Waals surface area contributed by atoms with Crippen LogP contribution < -0.4 is 0 Å². The Morgan fingerprint density at radius 1 is 1.07 bits per heavy atom. The molecule has 88 valence electrons. The van der Waals surface area contributed by atoms with Crippen LogP contribution in [0, 0.1) is 0 Å². The van der Waals surface area contributed by atoms with E-state index in [1.165, 1.54) is 63.5 Å². The molecule has 2 heteroatoms. The Kier molecular flexibility index (Phi) is 7.93. The molecule has 0 N–H and O–H groups in total. The van der Waals surface area contributed by atoms with Crippen LogP contribution in [-0.4, -0.2) is 15.6 Å². The van der Waals surface area contributed by atoms with Gasteiger partial charge in [-0.3, -0.25) is 0 Å². The lowest BCUT2D eigenvalue weighted by molar-refractivity contribution is 0.285. The topological polar surface area (TPSA) is 9.23 Å². The minimum Gasteiger partial charge on any atom is -0.420 e. The smallest absolute Gasteiger partial charge is 0.176 e. The molecule has 1 nitrogen and oxygen atoms in total. The summed E-state index contributed by atoms with van der Waals surface area (Å²) in [6, 6.07) is 2.87. The normalized spacial score (nSPS) is 21.5. The second-order valence-electron chi connectivity index (χ2n) is 4.62. The number of unbranched alkanes of at least 4 members (excludes halogenated alkanes) is 5. The van der Waals surface area contributed by atoms with Crippen LogP contribution in [0.25, 0.3) is 0 Å². The molecule has 0 radical (unpaired) electrons. The fourth-order valence-electron chi connectivity index (χ4n) is 2.23. The van der Waals surface area contributed by atoms with Crippen molar-refractivity contribution in [1.82, 2.24) is 0 Å². The first-order valence-electron chi connectivity index (χ1n) is 6.66. The summed E-state index contributed by atoms with van der Waals surface area (Å²) in [5.41, 5.74) is 0. The third kappa shape index (κ3) is 6.91. The van der Waals surface area contributed by atoms with Crippen LogP contribution in [0.3, 0.4) is 0 Å². The fraction of sp³-hybridized carbons (Fsp3) is 0.846. The quantitative estimate of drug-likeness (QED) is 0.345. The lowest BCUT2D eigenvalue weighted by Gasteiger charge is -2.20. The summed E-state index contributed by atoms with van der Waals surface area (Å²) < 4.78 is 5.85.